The highest BCUT2D eigenvalue weighted by Crippen LogP contribution is 2.59. The monoisotopic (exact) mass is 828 g/mol. The van der Waals surface area contributed by atoms with Gasteiger partial charge >= 0.3 is 0 Å². The van der Waals surface area contributed by atoms with Crippen LogP contribution >= 0.6 is 0 Å². The average Bonchev–Trinajstić information content (AvgIpc) is 3.70. The third-order valence-electron chi connectivity index (χ3n) is 13.4. The minimum absolute atomic E-state index is 0.544. The second kappa shape index (κ2) is 16.2. The molecule has 10 aromatic rings. The highest BCUT2D eigenvalue weighted by molar-refractivity contribution is 6.06. The second-order valence-electron chi connectivity index (χ2n) is 17.1. The molecule has 0 fully saturated rings. The van der Waals surface area contributed by atoms with E-state index in [9.17, 15) is 0 Å². The van der Waals surface area contributed by atoms with Crippen molar-refractivity contribution in [2.45, 2.75) is 18.3 Å². The highest BCUT2D eigenvalue weighted by Gasteiger charge is 2.47. The lowest BCUT2D eigenvalue weighted by Gasteiger charge is -2.34. The van der Waals surface area contributed by atoms with Crippen molar-refractivity contribution in [2.75, 3.05) is 0 Å². The van der Waals surface area contributed by atoms with Crippen molar-refractivity contribution in [3.63, 3.8) is 0 Å². The standard InChI is InChI=1S/C63H44N2/c1-6-20-43(21-7-1)46-26-18-27-48(40-46)59-42-60(65-62(64-59)45-24-10-3-11-25-45)55-39-38-51(53-32-16-17-33-54(53)55)47-36-37-56-58(41-47)63(49-28-12-4-13-29-49,50-30-14-5-15-31-50)57-35-19-34-52(61(56)57)44-22-8-2-9-23-44/h1-2,4-10,12-42H,3,11H2. The molecule has 2 heteroatoms. The molecule has 2 aliphatic carbocycles. The van der Waals surface area contributed by atoms with Gasteiger partial charge in [-0.25, -0.2) is 9.97 Å². The van der Waals surface area contributed by atoms with E-state index in [0.717, 1.165) is 57.7 Å². The Morgan fingerprint density at radius 2 is 0.938 bits per heavy atom. The first-order valence-electron chi connectivity index (χ1n) is 22.6. The van der Waals surface area contributed by atoms with Crippen molar-refractivity contribution >= 4 is 16.3 Å². The first-order chi connectivity index (χ1) is 32.2. The second-order valence-corrected chi connectivity index (χ2v) is 17.1. The summed E-state index contributed by atoms with van der Waals surface area (Å²) in [7, 11) is 0. The van der Waals surface area contributed by atoms with Gasteiger partial charge < -0.3 is 0 Å². The van der Waals surface area contributed by atoms with E-state index in [1.165, 1.54) is 66.6 Å². The Hall–Kier alpha value is -8.20. The highest BCUT2D eigenvalue weighted by atomic mass is 14.9. The zero-order valence-electron chi connectivity index (χ0n) is 35.9. The molecular weight excluding hydrogens is 785 g/mol. The third kappa shape index (κ3) is 6.57. The average molecular weight is 829 g/mol. The van der Waals surface area contributed by atoms with Gasteiger partial charge in [0.25, 0.3) is 0 Å². The molecule has 306 valence electrons. The van der Waals surface area contributed by atoms with Crippen LogP contribution in [0.1, 0.15) is 40.9 Å². The Labute approximate surface area is 380 Å². The number of fused-ring (bicyclic) bond motifs is 4. The number of hydrogen-bond donors (Lipinski definition) is 0. The molecule has 0 saturated heterocycles. The van der Waals surface area contributed by atoms with Crippen LogP contribution in [0.15, 0.2) is 243 Å². The van der Waals surface area contributed by atoms with E-state index in [-0.39, 0.29) is 0 Å². The van der Waals surface area contributed by atoms with Gasteiger partial charge in [-0.05, 0) is 109 Å². The molecule has 0 N–H and O–H groups in total. The Balaban J connectivity index is 1.06. The molecule has 12 rings (SSSR count). The summed E-state index contributed by atoms with van der Waals surface area (Å²) in [4.78, 5) is 10.6. The van der Waals surface area contributed by atoms with E-state index in [2.05, 4.69) is 243 Å². The van der Waals surface area contributed by atoms with Crippen LogP contribution in [0.2, 0.25) is 0 Å². The Morgan fingerprint density at radius 3 is 1.65 bits per heavy atom. The van der Waals surface area contributed by atoms with Crippen LogP contribution < -0.4 is 0 Å². The molecule has 1 aromatic heterocycles. The van der Waals surface area contributed by atoms with Gasteiger partial charge in [0.05, 0.1) is 16.8 Å². The number of rotatable bonds is 8. The van der Waals surface area contributed by atoms with Crippen molar-refractivity contribution < 1.29 is 0 Å². The SMILES string of the molecule is C1=CC(c2nc(-c3cccc(-c4ccccc4)c3)cc(-c3ccc(-c4ccc5c(c4)C(c4ccccc4)(c4ccccc4)c4cccc(-c6ccccc6)c4-5)c4ccccc34)n2)=CCC1. The van der Waals surface area contributed by atoms with Gasteiger partial charge in [-0.1, -0.05) is 224 Å². The van der Waals surface area contributed by atoms with Crippen molar-refractivity contribution in [1.82, 2.24) is 9.97 Å². The number of aromatic nitrogens is 2. The summed E-state index contributed by atoms with van der Waals surface area (Å²) in [5.74, 6) is 0.748. The molecule has 65 heavy (non-hydrogen) atoms. The van der Waals surface area contributed by atoms with Gasteiger partial charge in [-0.15, -0.1) is 0 Å². The normalized spacial score (nSPS) is 13.6. The van der Waals surface area contributed by atoms with Crippen LogP contribution in [-0.2, 0) is 5.41 Å². The van der Waals surface area contributed by atoms with Gasteiger partial charge in [0, 0.05) is 16.7 Å². The summed E-state index contributed by atoms with van der Waals surface area (Å²) >= 11 is 0. The lowest BCUT2D eigenvalue weighted by atomic mass is 9.67. The van der Waals surface area contributed by atoms with Gasteiger partial charge in [0.15, 0.2) is 5.82 Å². The number of nitrogens with zero attached hydrogens (tertiary/aromatic N) is 2. The van der Waals surface area contributed by atoms with Crippen LogP contribution in [-0.4, -0.2) is 9.97 Å². The topological polar surface area (TPSA) is 25.8 Å². The van der Waals surface area contributed by atoms with E-state index in [1.807, 2.05) is 0 Å². The lowest BCUT2D eigenvalue weighted by Crippen LogP contribution is -2.28. The zero-order chi connectivity index (χ0) is 43.2. The Bertz CT molecular complexity index is 3420. The van der Waals surface area contributed by atoms with Crippen LogP contribution in [0.4, 0.5) is 0 Å². The fourth-order valence-electron chi connectivity index (χ4n) is 10.5. The zero-order valence-corrected chi connectivity index (χ0v) is 35.9. The summed E-state index contributed by atoms with van der Waals surface area (Å²) in [6.45, 7) is 0. The largest absolute Gasteiger partial charge is 0.228 e. The maximum atomic E-state index is 5.34. The molecule has 2 nitrogen and oxygen atoms in total. The van der Waals surface area contributed by atoms with Crippen LogP contribution in [0, 0.1) is 0 Å². The Kier molecular flexibility index (Phi) is 9.57. The molecular formula is C63H44N2. The van der Waals surface area contributed by atoms with Gasteiger partial charge in [0.2, 0.25) is 0 Å². The van der Waals surface area contributed by atoms with Gasteiger partial charge in [0.1, 0.15) is 0 Å². The summed E-state index contributed by atoms with van der Waals surface area (Å²) in [5, 5.41) is 2.33. The van der Waals surface area contributed by atoms with E-state index in [1.54, 1.807) is 0 Å². The van der Waals surface area contributed by atoms with Crippen molar-refractivity contribution in [3.05, 3.63) is 271 Å². The van der Waals surface area contributed by atoms with E-state index in [0.29, 0.717) is 0 Å². The quantitative estimate of drug-likeness (QED) is 0.152. The predicted octanol–water partition coefficient (Wildman–Crippen LogP) is 16.1. The molecule has 0 radical (unpaired) electrons. The smallest absolute Gasteiger partial charge is 0.160 e. The molecule has 9 aromatic carbocycles. The summed E-state index contributed by atoms with van der Waals surface area (Å²) in [6, 6.07) is 81.9. The van der Waals surface area contributed by atoms with E-state index < -0.39 is 5.41 Å². The van der Waals surface area contributed by atoms with E-state index in [4.69, 9.17) is 9.97 Å². The molecule has 0 unspecified atom stereocenters. The fraction of sp³-hybridized carbons (Fsp3) is 0.0476. The van der Waals surface area contributed by atoms with Crippen molar-refractivity contribution in [2.24, 2.45) is 0 Å². The van der Waals surface area contributed by atoms with Crippen LogP contribution in [0.25, 0.3) is 83.4 Å². The molecule has 1 heterocycles. The van der Waals surface area contributed by atoms with Crippen LogP contribution in [0.5, 0.6) is 0 Å². The molecule has 0 bridgehead atoms. The van der Waals surface area contributed by atoms with Gasteiger partial charge in [-0.3, -0.25) is 0 Å². The number of allylic oxidation sites excluding steroid dienone is 4. The first-order valence-corrected chi connectivity index (χ1v) is 22.6. The predicted molar refractivity (Wildman–Crippen MR) is 270 cm³/mol. The van der Waals surface area contributed by atoms with Crippen molar-refractivity contribution in [1.29, 1.82) is 0 Å². The molecule has 0 aliphatic heterocycles. The number of benzene rings is 9. The van der Waals surface area contributed by atoms with Crippen LogP contribution in [0.3, 0.4) is 0 Å². The molecule has 0 spiro atoms. The minimum atomic E-state index is -0.544. The fourth-order valence-corrected chi connectivity index (χ4v) is 10.5. The lowest BCUT2D eigenvalue weighted by molar-refractivity contribution is 0.769. The maximum absolute atomic E-state index is 5.34. The summed E-state index contributed by atoms with van der Waals surface area (Å²) in [6.07, 6.45) is 8.68. The maximum Gasteiger partial charge on any atom is 0.160 e. The first kappa shape index (κ1) is 38.5. The number of hydrogen-bond acceptors (Lipinski definition) is 2. The molecule has 0 amide bonds. The molecule has 0 atom stereocenters. The third-order valence-corrected chi connectivity index (χ3v) is 13.4. The summed E-state index contributed by atoms with van der Waals surface area (Å²) in [5.41, 5.74) is 19.3. The molecule has 0 saturated carbocycles. The minimum Gasteiger partial charge on any atom is -0.228 e. The van der Waals surface area contributed by atoms with Crippen molar-refractivity contribution in [3.8, 4) is 67.0 Å². The Morgan fingerprint density at radius 1 is 0.354 bits per heavy atom. The summed E-state index contributed by atoms with van der Waals surface area (Å²) < 4.78 is 0. The molecule has 2 aliphatic rings. The van der Waals surface area contributed by atoms with Gasteiger partial charge in [-0.2, -0.15) is 0 Å². The van der Waals surface area contributed by atoms with E-state index >= 15 is 0 Å².